The van der Waals surface area contributed by atoms with E-state index in [1.54, 1.807) is 12.1 Å². The highest BCUT2D eigenvalue weighted by Crippen LogP contribution is 2.29. The molecule has 2 atom stereocenters. The summed E-state index contributed by atoms with van der Waals surface area (Å²) in [6.45, 7) is 4.17. The standard InChI is InChI=1S/C14H15Cl2N3O2/c1-2-17-12-7-20-6-9(12)14-18-13(19-21-14)8-3-4-10(15)11(16)5-8/h3-5,9,12,17H,2,6-7H2,1H3. The van der Waals surface area contributed by atoms with Gasteiger partial charge in [0.25, 0.3) is 0 Å². The average Bonchev–Trinajstić information content (AvgIpc) is 3.10. The molecule has 112 valence electrons. The van der Waals surface area contributed by atoms with Crippen molar-refractivity contribution in [2.75, 3.05) is 19.8 Å². The fourth-order valence-corrected chi connectivity index (χ4v) is 2.70. The number of benzene rings is 1. The van der Waals surface area contributed by atoms with Crippen molar-refractivity contribution in [2.24, 2.45) is 0 Å². The van der Waals surface area contributed by atoms with Crippen LogP contribution in [0.3, 0.4) is 0 Å². The van der Waals surface area contributed by atoms with Crippen molar-refractivity contribution >= 4 is 23.2 Å². The van der Waals surface area contributed by atoms with E-state index < -0.39 is 0 Å². The molecule has 0 saturated carbocycles. The first kappa shape index (κ1) is 14.8. The fourth-order valence-electron chi connectivity index (χ4n) is 2.40. The molecule has 1 aromatic carbocycles. The third-order valence-corrected chi connectivity index (χ3v) is 4.22. The second-order valence-corrected chi connectivity index (χ2v) is 5.71. The zero-order valence-corrected chi connectivity index (χ0v) is 13.0. The van der Waals surface area contributed by atoms with E-state index in [1.165, 1.54) is 0 Å². The fraction of sp³-hybridized carbons (Fsp3) is 0.429. The van der Waals surface area contributed by atoms with Crippen LogP contribution in [0.5, 0.6) is 0 Å². The largest absolute Gasteiger partial charge is 0.379 e. The minimum absolute atomic E-state index is 0.0778. The molecule has 21 heavy (non-hydrogen) atoms. The molecular formula is C14H15Cl2N3O2. The second kappa shape index (κ2) is 6.32. The number of hydrogen-bond acceptors (Lipinski definition) is 5. The van der Waals surface area contributed by atoms with Gasteiger partial charge in [0, 0.05) is 11.6 Å². The van der Waals surface area contributed by atoms with Gasteiger partial charge in [-0.25, -0.2) is 0 Å². The molecule has 1 saturated heterocycles. The van der Waals surface area contributed by atoms with Crippen molar-refractivity contribution in [1.29, 1.82) is 0 Å². The van der Waals surface area contributed by atoms with E-state index in [0.29, 0.717) is 35.0 Å². The van der Waals surface area contributed by atoms with E-state index in [4.69, 9.17) is 32.5 Å². The van der Waals surface area contributed by atoms with E-state index in [1.807, 2.05) is 6.07 Å². The van der Waals surface area contributed by atoms with Crippen LogP contribution in [-0.4, -0.2) is 35.9 Å². The van der Waals surface area contributed by atoms with Crippen LogP contribution in [0.4, 0.5) is 0 Å². The van der Waals surface area contributed by atoms with Crippen LogP contribution in [0.2, 0.25) is 10.0 Å². The summed E-state index contributed by atoms with van der Waals surface area (Å²) in [6, 6.07) is 5.47. The van der Waals surface area contributed by atoms with E-state index in [0.717, 1.165) is 12.1 Å². The first-order valence-electron chi connectivity index (χ1n) is 6.79. The molecule has 0 spiro atoms. The van der Waals surface area contributed by atoms with Crippen molar-refractivity contribution in [3.8, 4) is 11.4 Å². The maximum Gasteiger partial charge on any atom is 0.234 e. The molecule has 1 aliphatic heterocycles. The molecule has 1 fully saturated rings. The van der Waals surface area contributed by atoms with Gasteiger partial charge in [0.15, 0.2) is 0 Å². The smallest absolute Gasteiger partial charge is 0.234 e. The normalized spacial score (nSPS) is 21.9. The van der Waals surface area contributed by atoms with Gasteiger partial charge in [-0.05, 0) is 24.7 Å². The Kier molecular flexibility index (Phi) is 4.45. The summed E-state index contributed by atoms with van der Waals surface area (Å²) in [4.78, 5) is 4.47. The van der Waals surface area contributed by atoms with Crippen LogP contribution >= 0.6 is 23.2 Å². The van der Waals surface area contributed by atoms with E-state index >= 15 is 0 Å². The Labute approximate surface area is 132 Å². The lowest BCUT2D eigenvalue weighted by Crippen LogP contribution is -2.34. The third-order valence-electron chi connectivity index (χ3n) is 3.48. The Morgan fingerprint density at radius 3 is 2.90 bits per heavy atom. The molecule has 0 bridgehead atoms. The number of nitrogens with zero attached hydrogens (tertiary/aromatic N) is 2. The predicted octanol–water partition coefficient (Wildman–Crippen LogP) is 3.14. The third kappa shape index (κ3) is 3.06. The van der Waals surface area contributed by atoms with Gasteiger partial charge in [0.1, 0.15) is 0 Å². The zero-order valence-electron chi connectivity index (χ0n) is 11.5. The lowest BCUT2D eigenvalue weighted by molar-refractivity contribution is 0.185. The monoisotopic (exact) mass is 327 g/mol. The highest BCUT2D eigenvalue weighted by Gasteiger charge is 2.33. The maximum atomic E-state index is 6.01. The minimum atomic E-state index is 0.0778. The highest BCUT2D eigenvalue weighted by molar-refractivity contribution is 6.42. The number of likely N-dealkylation sites (N-methyl/N-ethyl adjacent to an activating group) is 1. The Balaban J connectivity index is 1.84. The lowest BCUT2D eigenvalue weighted by Gasteiger charge is -2.13. The lowest BCUT2D eigenvalue weighted by atomic mass is 10.0. The SMILES string of the molecule is CCNC1COCC1c1nc(-c2ccc(Cl)c(Cl)c2)no1. The molecule has 1 aliphatic rings. The number of rotatable bonds is 4. The first-order chi connectivity index (χ1) is 10.2. The molecule has 2 unspecified atom stereocenters. The topological polar surface area (TPSA) is 60.2 Å². The molecular weight excluding hydrogens is 313 g/mol. The maximum absolute atomic E-state index is 6.01. The summed E-state index contributed by atoms with van der Waals surface area (Å²) in [6.07, 6.45) is 0. The van der Waals surface area contributed by atoms with Crippen molar-refractivity contribution in [1.82, 2.24) is 15.5 Å². The van der Waals surface area contributed by atoms with Crippen molar-refractivity contribution < 1.29 is 9.26 Å². The van der Waals surface area contributed by atoms with Crippen molar-refractivity contribution in [3.63, 3.8) is 0 Å². The summed E-state index contributed by atoms with van der Waals surface area (Å²) in [7, 11) is 0. The summed E-state index contributed by atoms with van der Waals surface area (Å²) >= 11 is 11.9. The van der Waals surface area contributed by atoms with E-state index in [2.05, 4.69) is 22.4 Å². The predicted molar refractivity (Wildman–Crippen MR) is 80.8 cm³/mol. The van der Waals surface area contributed by atoms with Crippen LogP contribution < -0.4 is 5.32 Å². The second-order valence-electron chi connectivity index (χ2n) is 4.89. The molecule has 0 amide bonds. The quantitative estimate of drug-likeness (QED) is 0.934. The molecule has 1 N–H and O–H groups in total. The number of hydrogen-bond donors (Lipinski definition) is 1. The Bertz CT molecular complexity index is 632. The summed E-state index contributed by atoms with van der Waals surface area (Å²) in [5.41, 5.74) is 0.776. The van der Waals surface area contributed by atoms with Crippen molar-refractivity contribution in [3.05, 3.63) is 34.1 Å². The Hall–Kier alpha value is -1.14. The van der Waals surface area contributed by atoms with Gasteiger partial charge in [-0.1, -0.05) is 35.3 Å². The molecule has 7 heteroatoms. The number of halogens is 2. The molecule has 2 aromatic rings. The van der Waals surface area contributed by atoms with E-state index in [9.17, 15) is 0 Å². The molecule has 2 heterocycles. The van der Waals surface area contributed by atoms with Crippen molar-refractivity contribution in [2.45, 2.75) is 18.9 Å². The minimum Gasteiger partial charge on any atom is -0.379 e. The summed E-state index contributed by atoms with van der Waals surface area (Å²) < 4.78 is 10.9. The molecule has 1 aromatic heterocycles. The van der Waals surface area contributed by atoms with E-state index in [-0.39, 0.29) is 12.0 Å². The Morgan fingerprint density at radius 2 is 2.14 bits per heavy atom. The number of ether oxygens (including phenoxy) is 1. The van der Waals surface area contributed by atoms with Crippen LogP contribution in [-0.2, 0) is 4.74 Å². The summed E-state index contributed by atoms with van der Waals surface area (Å²) in [5.74, 6) is 1.17. The summed E-state index contributed by atoms with van der Waals surface area (Å²) in [5, 5.41) is 8.36. The molecule has 0 radical (unpaired) electrons. The zero-order chi connectivity index (χ0) is 14.8. The van der Waals surface area contributed by atoms with Crippen LogP contribution in [0.1, 0.15) is 18.7 Å². The molecule has 5 nitrogen and oxygen atoms in total. The molecule has 3 rings (SSSR count). The van der Waals surface area contributed by atoms with Gasteiger partial charge >= 0.3 is 0 Å². The van der Waals surface area contributed by atoms with Gasteiger partial charge in [-0.3, -0.25) is 0 Å². The van der Waals surface area contributed by atoms with Crippen LogP contribution in [0, 0.1) is 0 Å². The van der Waals surface area contributed by atoms with Gasteiger partial charge in [-0.15, -0.1) is 0 Å². The van der Waals surface area contributed by atoms with Crippen LogP contribution in [0.15, 0.2) is 22.7 Å². The highest BCUT2D eigenvalue weighted by atomic mass is 35.5. The number of nitrogens with one attached hydrogen (secondary N) is 1. The van der Waals surface area contributed by atoms with Gasteiger partial charge in [-0.2, -0.15) is 4.98 Å². The average molecular weight is 328 g/mol. The van der Waals surface area contributed by atoms with Crippen LogP contribution in [0.25, 0.3) is 11.4 Å². The Morgan fingerprint density at radius 1 is 1.29 bits per heavy atom. The number of aromatic nitrogens is 2. The van der Waals surface area contributed by atoms with Gasteiger partial charge in [0.2, 0.25) is 11.7 Å². The van der Waals surface area contributed by atoms with Gasteiger partial charge in [0.05, 0.1) is 29.2 Å². The van der Waals surface area contributed by atoms with Gasteiger partial charge < -0.3 is 14.6 Å². The molecule has 0 aliphatic carbocycles. The first-order valence-corrected chi connectivity index (χ1v) is 7.54.